The van der Waals surface area contributed by atoms with E-state index in [0.29, 0.717) is 5.76 Å². The van der Waals surface area contributed by atoms with E-state index in [-0.39, 0.29) is 26.2 Å². The van der Waals surface area contributed by atoms with Gasteiger partial charge < -0.3 is 9.84 Å². The van der Waals surface area contributed by atoms with Crippen molar-refractivity contribution in [2.24, 2.45) is 0 Å². The number of carbonyl (C=O) groups is 1. The van der Waals surface area contributed by atoms with Crippen molar-refractivity contribution in [2.75, 3.05) is 5.32 Å². The first kappa shape index (κ1) is 20.7. The molecule has 0 aliphatic rings. The van der Waals surface area contributed by atoms with Gasteiger partial charge in [0.1, 0.15) is 10.5 Å². The van der Waals surface area contributed by atoms with Crippen LogP contribution in [0.25, 0.3) is 0 Å². The summed E-state index contributed by atoms with van der Waals surface area (Å²) < 4.78 is 29.2. The van der Waals surface area contributed by atoms with Gasteiger partial charge in [-0.2, -0.15) is 0 Å². The fourth-order valence-corrected chi connectivity index (χ4v) is 3.78. The minimum absolute atomic E-state index is 0.0928. The van der Waals surface area contributed by atoms with Crippen LogP contribution in [0, 0.1) is 0 Å². The zero-order chi connectivity index (χ0) is 19.9. The van der Waals surface area contributed by atoms with Crippen LogP contribution >= 0.6 is 23.2 Å². The average Bonchev–Trinajstić information content (AvgIpc) is 2.98. The van der Waals surface area contributed by atoms with Crippen molar-refractivity contribution in [3.8, 4) is 0 Å². The molecular formula is C17H20Cl2N2O4S. The number of hydrogen-bond donors (Lipinski definition) is 1. The van der Waals surface area contributed by atoms with E-state index in [1.54, 1.807) is 6.07 Å². The molecule has 1 aromatic heterocycles. The maximum Gasteiger partial charge on any atom is 0.246 e. The summed E-state index contributed by atoms with van der Waals surface area (Å²) in [6.07, 6.45) is 0. The standard InChI is InChI=1S/C17H20Cl2N2O4S/c1-16(2,3)13-9-14(21-25-13)20-15(22)17(4,5)26(23,24)10-6-7-11(18)12(19)8-10/h6-9H,1-5H3,(H,20,21,22). The first-order valence-corrected chi connectivity index (χ1v) is 9.99. The van der Waals surface area contributed by atoms with Gasteiger partial charge in [-0.1, -0.05) is 49.1 Å². The lowest BCUT2D eigenvalue weighted by Crippen LogP contribution is -2.44. The third-order valence-electron chi connectivity index (χ3n) is 3.91. The van der Waals surface area contributed by atoms with Crippen molar-refractivity contribution in [3.05, 3.63) is 40.1 Å². The minimum atomic E-state index is -4.03. The number of nitrogens with one attached hydrogen (secondary N) is 1. The Kier molecular flexibility index (Phi) is 5.48. The van der Waals surface area contributed by atoms with Crippen LogP contribution in [0.5, 0.6) is 0 Å². The highest BCUT2D eigenvalue weighted by Gasteiger charge is 2.43. The topological polar surface area (TPSA) is 89.3 Å². The highest BCUT2D eigenvalue weighted by Crippen LogP contribution is 2.32. The maximum absolute atomic E-state index is 12.9. The Balaban J connectivity index is 2.31. The van der Waals surface area contributed by atoms with Crippen molar-refractivity contribution in [1.29, 1.82) is 0 Å². The molecule has 0 radical (unpaired) electrons. The van der Waals surface area contributed by atoms with Gasteiger partial charge >= 0.3 is 0 Å². The van der Waals surface area contributed by atoms with Crippen molar-refractivity contribution in [3.63, 3.8) is 0 Å². The number of rotatable bonds is 4. The van der Waals surface area contributed by atoms with Gasteiger partial charge in [0.15, 0.2) is 15.7 Å². The monoisotopic (exact) mass is 418 g/mol. The SMILES string of the molecule is CC(C)(C)c1cc(NC(=O)C(C)(C)S(=O)(=O)c2ccc(Cl)c(Cl)c2)no1. The Morgan fingerprint density at radius 1 is 1.08 bits per heavy atom. The molecule has 2 aromatic rings. The van der Waals surface area contributed by atoms with E-state index in [2.05, 4.69) is 10.5 Å². The van der Waals surface area contributed by atoms with Gasteiger partial charge in [0.2, 0.25) is 5.91 Å². The van der Waals surface area contributed by atoms with E-state index < -0.39 is 20.5 Å². The van der Waals surface area contributed by atoms with Crippen LogP contribution < -0.4 is 5.32 Å². The highest BCUT2D eigenvalue weighted by molar-refractivity contribution is 7.93. The molecule has 0 saturated heterocycles. The molecule has 0 atom stereocenters. The molecule has 0 unspecified atom stereocenters. The number of halogens is 2. The fraction of sp³-hybridized carbons (Fsp3) is 0.412. The van der Waals surface area contributed by atoms with E-state index >= 15 is 0 Å². The number of nitrogens with zero attached hydrogens (tertiary/aromatic N) is 1. The van der Waals surface area contributed by atoms with Gasteiger partial charge in [0.25, 0.3) is 0 Å². The second-order valence-corrected chi connectivity index (χ2v) is 10.7. The summed E-state index contributed by atoms with van der Waals surface area (Å²) in [5.74, 6) is -0.0207. The van der Waals surface area contributed by atoms with Crippen molar-refractivity contribution >= 4 is 44.8 Å². The van der Waals surface area contributed by atoms with E-state index in [9.17, 15) is 13.2 Å². The Labute approximate surface area is 162 Å². The Hall–Kier alpha value is -1.57. The second kappa shape index (κ2) is 6.87. The third kappa shape index (κ3) is 3.89. The summed E-state index contributed by atoms with van der Waals surface area (Å²) in [4.78, 5) is 12.5. The molecule has 6 nitrogen and oxygen atoms in total. The third-order valence-corrected chi connectivity index (χ3v) is 7.05. The van der Waals surface area contributed by atoms with Crippen LogP contribution in [0.4, 0.5) is 5.82 Å². The van der Waals surface area contributed by atoms with Crippen molar-refractivity contribution in [2.45, 2.75) is 49.7 Å². The molecule has 1 aromatic carbocycles. The Morgan fingerprint density at radius 2 is 1.69 bits per heavy atom. The van der Waals surface area contributed by atoms with Gasteiger partial charge in [-0.15, -0.1) is 0 Å². The molecule has 0 fully saturated rings. The molecule has 26 heavy (non-hydrogen) atoms. The molecule has 0 spiro atoms. The zero-order valence-corrected chi connectivity index (χ0v) is 17.4. The number of sulfone groups is 1. The number of benzene rings is 1. The molecule has 1 N–H and O–H groups in total. The molecule has 9 heteroatoms. The lowest BCUT2D eigenvalue weighted by Gasteiger charge is -2.23. The first-order valence-electron chi connectivity index (χ1n) is 7.75. The van der Waals surface area contributed by atoms with Crippen LogP contribution in [0.2, 0.25) is 10.0 Å². The number of amides is 1. The minimum Gasteiger partial charge on any atom is -0.359 e. The Bertz CT molecular complexity index is 944. The molecule has 0 aliphatic carbocycles. The summed E-state index contributed by atoms with van der Waals surface area (Å²) in [6.45, 7) is 8.41. The zero-order valence-electron chi connectivity index (χ0n) is 15.1. The summed E-state index contributed by atoms with van der Waals surface area (Å²) in [6, 6.07) is 5.48. The molecule has 0 aliphatic heterocycles. The van der Waals surface area contributed by atoms with Crippen LogP contribution in [0.1, 0.15) is 40.4 Å². The fourth-order valence-electron chi connectivity index (χ4n) is 2.02. The molecule has 1 amide bonds. The van der Waals surface area contributed by atoms with Gasteiger partial charge in [-0.05, 0) is 32.0 Å². The van der Waals surface area contributed by atoms with Crippen LogP contribution in [0.15, 0.2) is 33.7 Å². The number of aromatic nitrogens is 1. The van der Waals surface area contributed by atoms with Gasteiger partial charge in [0.05, 0.1) is 14.9 Å². The average molecular weight is 419 g/mol. The number of carbonyl (C=O) groups excluding carboxylic acids is 1. The predicted octanol–water partition coefficient (Wildman–Crippen LogP) is 4.47. The lowest BCUT2D eigenvalue weighted by molar-refractivity contribution is -0.117. The van der Waals surface area contributed by atoms with Crippen LogP contribution in [-0.2, 0) is 20.0 Å². The summed E-state index contributed by atoms with van der Waals surface area (Å²) in [7, 11) is -4.03. The van der Waals surface area contributed by atoms with Crippen molar-refractivity contribution in [1.82, 2.24) is 5.16 Å². The van der Waals surface area contributed by atoms with Gasteiger partial charge in [0, 0.05) is 11.5 Å². The van der Waals surface area contributed by atoms with Crippen LogP contribution in [0.3, 0.4) is 0 Å². The molecule has 2 rings (SSSR count). The summed E-state index contributed by atoms with van der Waals surface area (Å²) in [5, 5.41) is 6.59. The van der Waals surface area contributed by atoms with Gasteiger partial charge in [-0.25, -0.2) is 8.42 Å². The van der Waals surface area contributed by atoms with E-state index in [1.807, 2.05) is 20.8 Å². The molecule has 1 heterocycles. The van der Waals surface area contributed by atoms with Gasteiger partial charge in [-0.3, -0.25) is 4.79 Å². The molecule has 0 saturated carbocycles. The van der Waals surface area contributed by atoms with E-state index in [0.717, 1.165) is 0 Å². The molecule has 0 bridgehead atoms. The quantitative estimate of drug-likeness (QED) is 0.790. The Morgan fingerprint density at radius 3 is 2.19 bits per heavy atom. The van der Waals surface area contributed by atoms with E-state index in [1.165, 1.54) is 32.0 Å². The maximum atomic E-state index is 12.9. The highest BCUT2D eigenvalue weighted by atomic mass is 35.5. The first-order chi connectivity index (χ1) is 11.8. The summed E-state index contributed by atoms with van der Waals surface area (Å²) >= 11 is 11.7. The second-order valence-electron chi connectivity index (χ2n) is 7.37. The van der Waals surface area contributed by atoms with E-state index in [4.69, 9.17) is 27.7 Å². The normalized spacial score (nSPS) is 12.9. The lowest BCUT2D eigenvalue weighted by atomic mass is 9.93. The molecular weight excluding hydrogens is 399 g/mol. The smallest absolute Gasteiger partial charge is 0.246 e. The molecule has 142 valence electrons. The largest absolute Gasteiger partial charge is 0.359 e. The predicted molar refractivity (Wildman–Crippen MR) is 102 cm³/mol. The number of hydrogen-bond acceptors (Lipinski definition) is 5. The van der Waals surface area contributed by atoms with Crippen LogP contribution in [-0.4, -0.2) is 24.2 Å². The van der Waals surface area contributed by atoms with Crippen molar-refractivity contribution < 1.29 is 17.7 Å². The number of anilines is 1. The summed E-state index contributed by atoms with van der Waals surface area (Å²) in [5.41, 5.74) is -0.294.